The molecule has 0 spiro atoms. The van der Waals surface area contributed by atoms with Crippen molar-refractivity contribution in [2.24, 2.45) is 0 Å². The summed E-state index contributed by atoms with van der Waals surface area (Å²) in [7, 11) is 0. The average Bonchev–Trinajstić information content (AvgIpc) is 2.69. The van der Waals surface area contributed by atoms with Crippen molar-refractivity contribution < 1.29 is 0 Å². The van der Waals surface area contributed by atoms with Crippen molar-refractivity contribution in [3.8, 4) is 0 Å². The van der Waals surface area contributed by atoms with Crippen LogP contribution in [0.3, 0.4) is 0 Å². The second-order valence-electron chi connectivity index (χ2n) is 7.46. The van der Waals surface area contributed by atoms with Gasteiger partial charge in [-0.25, -0.2) is 0 Å². The molecule has 152 valence electrons. The zero-order valence-electron chi connectivity index (χ0n) is 17.6. The Bertz CT molecular complexity index is 827. The number of benzene rings is 1. The summed E-state index contributed by atoms with van der Waals surface area (Å²) in [6.07, 6.45) is 10.6. The third-order valence-electron chi connectivity index (χ3n) is 4.66. The molecule has 0 saturated heterocycles. The lowest BCUT2D eigenvalue weighted by atomic mass is 10.1. The van der Waals surface area contributed by atoms with E-state index in [0.29, 0.717) is 6.54 Å². The lowest BCUT2D eigenvalue weighted by Crippen LogP contribution is -2.34. The first-order chi connectivity index (χ1) is 13.9. The van der Waals surface area contributed by atoms with Gasteiger partial charge in [-0.05, 0) is 43.9 Å². The molecule has 1 aliphatic rings. The van der Waals surface area contributed by atoms with E-state index in [0.717, 1.165) is 47.6 Å². The molecule has 0 radical (unpaired) electrons. The van der Waals surface area contributed by atoms with E-state index in [2.05, 4.69) is 72.7 Å². The predicted molar refractivity (Wildman–Crippen MR) is 126 cm³/mol. The van der Waals surface area contributed by atoms with E-state index < -0.39 is 0 Å². The second-order valence-corrected chi connectivity index (χ2v) is 7.46. The van der Waals surface area contributed by atoms with Gasteiger partial charge in [-0.3, -0.25) is 0 Å². The fraction of sp³-hybridized carbons (Fsp3) is 0.231. The molecule has 0 amide bonds. The maximum absolute atomic E-state index is 4.25. The summed E-state index contributed by atoms with van der Waals surface area (Å²) in [6, 6.07) is 10.6. The van der Waals surface area contributed by atoms with E-state index in [-0.39, 0.29) is 6.04 Å². The number of allylic oxidation sites excluding steroid dienone is 3. The standard InChI is InChI=1S/C26H33N3/c1-7-25(18-20(2)3)27-22(5)19-29-17-11-14-26(23(29)6)28-21(4)15-16-24-12-9-8-10-13-24/h7-14,17,25,27-28H,1-2,4-6,15-16,18-19H2,3H3. The second kappa shape index (κ2) is 11.0. The molecule has 29 heavy (non-hydrogen) atoms. The minimum atomic E-state index is 0.132. The van der Waals surface area contributed by atoms with Crippen LogP contribution in [0.2, 0.25) is 0 Å². The van der Waals surface area contributed by atoms with Crippen molar-refractivity contribution in [1.29, 1.82) is 0 Å². The van der Waals surface area contributed by atoms with E-state index in [4.69, 9.17) is 0 Å². The predicted octanol–water partition coefficient (Wildman–Crippen LogP) is 5.57. The highest BCUT2D eigenvalue weighted by molar-refractivity contribution is 5.37. The monoisotopic (exact) mass is 387 g/mol. The molecule has 1 heterocycles. The fourth-order valence-electron chi connectivity index (χ4n) is 3.12. The van der Waals surface area contributed by atoms with Crippen molar-refractivity contribution in [3.63, 3.8) is 0 Å². The summed E-state index contributed by atoms with van der Waals surface area (Å²) >= 11 is 0. The SMILES string of the molecule is C=CC(CC(=C)C)NC(=C)CN1C=CC=C(NC(=C)CCc2ccccc2)C1=C. The quantitative estimate of drug-likeness (QED) is 0.459. The van der Waals surface area contributed by atoms with Crippen molar-refractivity contribution in [3.05, 3.63) is 122 Å². The fourth-order valence-corrected chi connectivity index (χ4v) is 3.12. The van der Waals surface area contributed by atoms with Crippen molar-refractivity contribution >= 4 is 0 Å². The molecule has 1 atom stereocenters. The molecule has 0 aromatic heterocycles. The third-order valence-corrected chi connectivity index (χ3v) is 4.66. The van der Waals surface area contributed by atoms with Gasteiger partial charge in [0.25, 0.3) is 0 Å². The van der Waals surface area contributed by atoms with Crippen LogP contribution in [0.1, 0.15) is 25.3 Å². The molecule has 1 aromatic carbocycles. The summed E-state index contributed by atoms with van der Waals surface area (Å²) in [4.78, 5) is 2.07. The van der Waals surface area contributed by atoms with Gasteiger partial charge in [0.2, 0.25) is 0 Å². The van der Waals surface area contributed by atoms with Gasteiger partial charge in [0, 0.05) is 23.6 Å². The summed E-state index contributed by atoms with van der Waals surface area (Å²) in [5.74, 6) is 0. The van der Waals surface area contributed by atoms with Gasteiger partial charge in [0.15, 0.2) is 0 Å². The summed E-state index contributed by atoms with van der Waals surface area (Å²) in [5, 5.41) is 6.83. The Morgan fingerprint density at radius 2 is 1.86 bits per heavy atom. The molecule has 0 aliphatic carbocycles. The van der Waals surface area contributed by atoms with E-state index in [1.54, 1.807) is 0 Å². The van der Waals surface area contributed by atoms with Crippen molar-refractivity contribution in [2.45, 2.75) is 32.2 Å². The Kier molecular flexibility index (Phi) is 8.35. The van der Waals surface area contributed by atoms with Gasteiger partial charge >= 0.3 is 0 Å². The normalized spacial score (nSPS) is 14.0. The number of nitrogens with one attached hydrogen (secondary N) is 2. The van der Waals surface area contributed by atoms with Gasteiger partial charge < -0.3 is 15.5 Å². The van der Waals surface area contributed by atoms with Gasteiger partial charge in [0.05, 0.1) is 17.9 Å². The molecule has 0 bridgehead atoms. The maximum Gasteiger partial charge on any atom is 0.0617 e. The van der Waals surface area contributed by atoms with E-state index in [9.17, 15) is 0 Å². The molecule has 2 rings (SSSR count). The summed E-state index contributed by atoms with van der Waals surface area (Å²) < 4.78 is 0. The first-order valence-electron chi connectivity index (χ1n) is 9.93. The van der Waals surface area contributed by atoms with E-state index >= 15 is 0 Å². The van der Waals surface area contributed by atoms with Crippen LogP contribution < -0.4 is 10.6 Å². The van der Waals surface area contributed by atoms with Crippen LogP contribution in [0.15, 0.2) is 116 Å². The van der Waals surface area contributed by atoms with E-state index in [1.165, 1.54) is 5.56 Å². The van der Waals surface area contributed by atoms with Gasteiger partial charge in [-0.1, -0.05) is 61.7 Å². The molecule has 3 heteroatoms. The number of rotatable bonds is 12. The van der Waals surface area contributed by atoms with Crippen LogP contribution in [0, 0.1) is 0 Å². The Hall–Kier alpha value is -3.20. The van der Waals surface area contributed by atoms with Crippen LogP contribution in [-0.4, -0.2) is 17.5 Å². The number of hydrogen-bond donors (Lipinski definition) is 2. The lowest BCUT2D eigenvalue weighted by Gasteiger charge is -2.30. The average molecular weight is 388 g/mol. The molecular weight excluding hydrogens is 354 g/mol. The van der Waals surface area contributed by atoms with Crippen LogP contribution in [0.4, 0.5) is 0 Å². The minimum absolute atomic E-state index is 0.132. The van der Waals surface area contributed by atoms with E-state index in [1.807, 2.05) is 37.4 Å². The van der Waals surface area contributed by atoms with Crippen LogP contribution in [0.5, 0.6) is 0 Å². The van der Waals surface area contributed by atoms with Crippen LogP contribution in [0.25, 0.3) is 0 Å². The number of nitrogens with zero attached hydrogens (tertiary/aromatic N) is 1. The topological polar surface area (TPSA) is 27.3 Å². The number of aryl methyl sites for hydroxylation is 1. The van der Waals surface area contributed by atoms with Crippen molar-refractivity contribution in [2.75, 3.05) is 6.54 Å². The highest BCUT2D eigenvalue weighted by atomic mass is 15.2. The first-order valence-corrected chi connectivity index (χ1v) is 9.93. The molecule has 2 N–H and O–H groups in total. The smallest absolute Gasteiger partial charge is 0.0617 e. The molecular formula is C26H33N3. The zero-order chi connectivity index (χ0) is 21.2. The molecule has 1 aliphatic heterocycles. The molecule has 3 nitrogen and oxygen atoms in total. The first kappa shape index (κ1) is 22.1. The highest BCUT2D eigenvalue weighted by Crippen LogP contribution is 2.20. The number of hydrogen-bond acceptors (Lipinski definition) is 3. The summed E-state index contributed by atoms with van der Waals surface area (Å²) in [6.45, 7) is 23.1. The minimum Gasteiger partial charge on any atom is -0.381 e. The Labute approximate surface area is 176 Å². The molecule has 0 fully saturated rings. The zero-order valence-corrected chi connectivity index (χ0v) is 17.6. The molecule has 1 unspecified atom stereocenters. The van der Waals surface area contributed by atoms with Crippen LogP contribution in [-0.2, 0) is 6.42 Å². The highest BCUT2D eigenvalue weighted by Gasteiger charge is 2.15. The largest absolute Gasteiger partial charge is 0.381 e. The summed E-state index contributed by atoms with van der Waals surface area (Å²) in [5.41, 5.74) is 6.16. The Balaban J connectivity index is 1.85. The van der Waals surface area contributed by atoms with Crippen molar-refractivity contribution in [1.82, 2.24) is 15.5 Å². The third kappa shape index (κ3) is 7.38. The Morgan fingerprint density at radius 1 is 1.14 bits per heavy atom. The molecule has 1 aromatic rings. The van der Waals surface area contributed by atoms with Crippen LogP contribution >= 0.6 is 0 Å². The lowest BCUT2D eigenvalue weighted by molar-refractivity contribution is 0.478. The Morgan fingerprint density at radius 3 is 2.52 bits per heavy atom. The molecule has 0 saturated carbocycles. The van der Waals surface area contributed by atoms with Gasteiger partial charge in [-0.15, -0.1) is 13.2 Å². The maximum atomic E-state index is 4.25. The van der Waals surface area contributed by atoms with Gasteiger partial charge in [0.1, 0.15) is 0 Å². The van der Waals surface area contributed by atoms with Gasteiger partial charge in [-0.2, -0.15) is 0 Å².